The van der Waals surface area contributed by atoms with Gasteiger partial charge in [0.2, 0.25) is 5.78 Å². The predicted octanol–water partition coefficient (Wildman–Crippen LogP) is 4.79. The van der Waals surface area contributed by atoms with Crippen LogP contribution in [-0.2, 0) is 9.53 Å². The molecular weight excluding hydrogens is 440 g/mol. The lowest BCUT2D eigenvalue weighted by Crippen LogP contribution is -2.27. The van der Waals surface area contributed by atoms with Gasteiger partial charge in [0.25, 0.3) is 0 Å². The SMILES string of the molecule is COc1ccc(Br)cc1/C=C1\Oc2cc(OCC(=O)OC(C)(C)C)ccc2C1=O. The molecule has 2 aromatic rings. The van der Waals surface area contributed by atoms with Gasteiger partial charge in [-0.3, -0.25) is 4.79 Å². The third-order valence-corrected chi connectivity index (χ3v) is 4.39. The van der Waals surface area contributed by atoms with Crippen LogP contribution in [0.2, 0.25) is 0 Å². The topological polar surface area (TPSA) is 71.1 Å². The largest absolute Gasteiger partial charge is 0.496 e. The van der Waals surface area contributed by atoms with E-state index in [0.717, 1.165) is 4.47 Å². The number of Topliss-reactive ketones (excluding diaryl/α,β-unsaturated/α-hetero) is 1. The number of halogens is 1. The molecule has 0 saturated carbocycles. The van der Waals surface area contributed by atoms with Crippen molar-refractivity contribution in [2.45, 2.75) is 26.4 Å². The van der Waals surface area contributed by atoms with E-state index in [2.05, 4.69) is 15.9 Å². The standard InChI is InChI=1S/C22H21BrO6/c1-22(2,3)29-20(24)12-27-15-6-7-16-18(11-15)28-19(21(16)25)10-13-9-14(23)5-8-17(13)26-4/h5-11H,12H2,1-4H3/b19-10-. The fraction of sp³-hybridized carbons (Fsp3) is 0.273. The maximum Gasteiger partial charge on any atom is 0.344 e. The zero-order chi connectivity index (χ0) is 21.2. The highest BCUT2D eigenvalue weighted by atomic mass is 79.9. The summed E-state index contributed by atoms with van der Waals surface area (Å²) in [6.45, 7) is 5.12. The lowest BCUT2D eigenvalue weighted by Gasteiger charge is -2.19. The molecular formula is C22H21BrO6. The van der Waals surface area contributed by atoms with E-state index >= 15 is 0 Å². The summed E-state index contributed by atoms with van der Waals surface area (Å²) in [5.41, 5.74) is 0.551. The lowest BCUT2D eigenvalue weighted by molar-refractivity contribution is -0.157. The van der Waals surface area contributed by atoms with Crippen molar-refractivity contribution in [1.29, 1.82) is 0 Å². The van der Waals surface area contributed by atoms with Gasteiger partial charge < -0.3 is 18.9 Å². The van der Waals surface area contributed by atoms with Crippen LogP contribution in [0.15, 0.2) is 46.6 Å². The zero-order valence-corrected chi connectivity index (χ0v) is 18.2. The first-order chi connectivity index (χ1) is 13.7. The molecule has 0 aromatic heterocycles. The quantitative estimate of drug-likeness (QED) is 0.471. The number of methoxy groups -OCH3 is 1. The molecule has 1 heterocycles. The maximum absolute atomic E-state index is 12.7. The Morgan fingerprint density at radius 3 is 2.62 bits per heavy atom. The minimum atomic E-state index is -0.582. The predicted molar refractivity (Wildman–Crippen MR) is 111 cm³/mol. The molecule has 0 aliphatic carbocycles. The molecule has 1 aliphatic heterocycles. The maximum atomic E-state index is 12.7. The van der Waals surface area contributed by atoms with Gasteiger partial charge in [-0.25, -0.2) is 4.79 Å². The Morgan fingerprint density at radius 2 is 1.93 bits per heavy atom. The second-order valence-corrected chi connectivity index (χ2v) is 8.27. The summed E-state index contributed by atoms with van der Waals surface area (Å²) in [4.78, 5) is 24.5. The van der Waals surface area contributed by atoms with E-state index in [1.165, 1.54) is 0 Å². The van der Waals surface area contributed by atoms with Gasteiger partial charge in [0.1, 0.15) is 22.8 Å². The van der Waals surface area contributed by atoms with Crippen molar-refractivity contribution in [2.24, 2.45) is 0 Å². The molecule has 0 radical (unpaired) electrons. The summed E-state index contributed by atoms with van der Waals surface area (Å²) >= 11 is 3.41. The van der Waals surface area contributed by atoms with Crippen molar-refractivity contribution in [1.82, 2.24) is 0 Å². The Morgan fingerprint density at radius 1 is 1.17 bits per heavy atom. The van der Waals surface area contributed by atoms with Crippen molar-refractivity contribution in [3.8, 4) is 17.2 Å². The Kier molecular flexibility index (Phi) is 5.98. The van der Waals surface area contributed by atoms with Crippen LogP contribution >= 0.6 is 15.9 Å². The van der Waals surface area contributed by atoms with E-state index in [4.69, 9.17) is 18.9 Å². The van der Waals surface area contributed by atoms with E-state index in [-0.39, 0.29) is 18.1 Å². The molecule has 29 heavy (non-hydrogen) atoms. The number of hydrogen-bond donors (Lipinski definition) is 0. The number of rotatable bonds is 5. The minimum Gasteiger partial charge on any atom is -0.496 e. The molecule has 1 aliphatic rings. The van der Waals surface area contributed by atoms with Crippen LogP contribution in [0, 0.1) is 0 Å². The van der Waals surface area contributed by atoms with Crippen LogP contribution in [0.3, 0.4) is 0 Å². The van der Waals surface area contributed by atoms with Crippen LogP contribution in [-0.4, -0.2) is 31.1 Å². The summed E-state index contributed by atoms with van der Waals surface area (Å²) in [5.74, 6) is 0.869. The van der Waals surface area contributed by atoms with E-state index in [1.54, 1.807) is 58.2 Å². The highest BCUT2D eigenvalue weighted by Gasteiger charge is 2.28. The van der Waals surface area contributed by atoms with Gasteiger partial charge >= 0.3 is 5.97 Å². The van der Waals surface area contributed by atoms with Crippen molar-refractivity contribution < 1.29 is 28.5 Å². The number of benzene rings is 2. The highest BCUT2D eigenvalue weighted by molar-refractivity contribution is 9.10. The monoisotopic (exact) mass is 460 g/mol. The van der Waals surface area contributed by atoms with Gasteiger partial charge in [0.05, 0.1) is 12.7 Å². The van der Waals surface area contributed by atoms with E-state index < -0.39 is 11.6 Å². The molecule has 152 valence electrons. The van der Waals surface area contributed by atoms with Gasteiger partial charge in [-0.05, 0) is 57.2 Å². The molecule has 3 rings (SSSR count). The second kappa shape index (κ2) is 8.29. The van der Waals surface area contributed by atoms with Gasteiger partial charge in [-0.15, -0.1) is 0 Å². The van der Waals surface area contributed by atoms with E-state index in [0.29, 0.717) is 28.4 Å². The average Bonchev–Trinajstić information content (AvgIpc) is 2.94. The van der Waals surface area contributed by atoms with Gasteiger partial charge in [0.15, 0.2) is 12.4 Å². The molecule has 0 fully saturated rings. The van der Waals surface area contributed by atoms with Crippen LogP contribution in [0.4, 0.5) is 0 Å². The molecule has 0 spiro atoms. The lowest BCUT2D eigenvalue weighted by atomic mass is 10.1. The van der Waals surface area contributed by atoms with Gasteiger partial charge in [-0.2, -0.15) is 0 Å². The second-order valence-electron chi connectivity index (χ2n) is 7.36. The van der Waals surface area contributed by atoms with Crippen molar-refractivity contribution in [3.63, 3.8) is 0 Å². The van der Waals surface area contributed by atoms with Crippen LogP contribution in [0.25, 0.3) is 6.08 Å². The Labute approximate surface area is 177 Å². The molecule has 0 saturated heterocycles. The summed E-state index contributed by atoms with van der Waals surface area (Å²) < 4.78 is 22.6. The number of fused-ring (bicyclic) bond motifs is 1. The third kappa shape index (κ3) is 5.17. The molecule has 7 heteroatoms. The van der Waals surface area contributed by atoms with Crippen molar-refractivity contribution in [2.75, 3.05) is 13.7 Å². The normalized spacial score (nSPS) is 14.4. The Bertz CT molecular complexity index is 987. The number of allylic oxidation sites excluding steroid dienone is 1. The summed E-state index contributed by atoms with van der Waals surface area (Å²) in [6, 6.07) is 10.3. The number of carbonyl (C=O) groups is 2. The molecule has 0 bridgehead atoms. The van der Waals surface area contributed by atoms with Gasteiger partial charge in [0, 0.05) is 16.1 Å². The van der Waals surface area contributed by atoms with Crippen LogP contribution in [0.1, 0.15) is 36.7 Å². The number of ether oxygens (including phenoxy) is 4. The van der Waals surface area contributed by atoms with Crippen molar-refractivity contribution in [3.05, 3.63) is 57.8 Å². The first-order valence-corrected chi connectivity index (χ1v) is 9.72. The van der Waals surface area contributed by atoms with E-state index in [9.17, 15) is 9.59 Å². The minimum absolute atomic E-state index is 0.181. The fourth-order valence-corrected chi connectivity index (χ4v) is 3.11. The smallest absolute Gasteiger partial charge is 0.344 e. The molecule has 0 N–H and O–H groups in total. The Hall–Kier alpha value is -2.80. The molecule has 0 atom stereocenters. The molecule has 0 amide bonds. The number of esters is 1. The zero-order valence-electron chi connectivity index (χ0n) is 16.6. The molecule has 6 nitrogen and oxygen atoms in total. The average molecular weight is 461 g/mol. The molecule has 2 aromatic carbocycles. The first-order valence-electron chi connectivity index (χ1n) is 8.93. The van der Waals surface area contributed by atoms with Crippen molar-refractivity contribution >= 4 is 33.8 Å². The van der Waals surface area contributed by atoms with Crippen LogP contribution in [0.5, 0.6) is 17.2 Å². The summed E-state index contributed by atoms with van der Waals surface area (Å²) in [7, 11) is 1.56. The molecule has 0 unspecified atom stereocenters. The summed E-state index contributed by atoms with van der Waals surface area (Å²) in [5, 5.41) is 0. The highest BCUT2D eigenvalue weighted by Crippen LogP contribution is 2.36. The number of carbonyl (C=O) groups excluding carboxylic acids is 2. The first kappa shape index (κ1) is 20.9. The Balaban J connectivity index is 1.76. The van der Waals surface area contributed by atoms with Crippen LogP contribution < -0.4 is 14.2 Å². The fourth-order valence-electron chi connectivity index (χ4n) is 2.73. The number of ketones is 1. The third-order valence-electron chi connectivity index (χ3n) is 3.90. The number of hydrogen-bond acceptors (Lipinski definition) is 6. The van der Waals surface area contributed by atoms with Gasteiger partial charge in [-0.1, -0.05) is 15.9 Å². The van der Waals surface area contributed by atoms with E-state index in [1.807, 2.05) is 12.1 Å². The summed E-state index contributed by atoms with van der Waals surface area (Å²) in [6.07, 6.45) is 1.63.